The highest BCUT2D eigenvalue weighted by atomic mass is 35.5. The molecule has 0 aliphatic heterocycles. The Hall–Kier alpha value is -0.950. The van der Waals surface area contributed by atoms with Gasteiger partial charge >= 0.3 is 0 Å². The summed E-state index contributed by atoms with van der Waals surface area (Å²) in [6.45, 7) is 8.99. The maximum atomic E-state index is 6.33. The summed E-state index contributed by atoms with van der Waals surface area (Å²) in [4.78, 5) is 0. The van der Waals surface area contributed by atoms with Gasteiger partial charge < -0.3 is 4.74 Å². The summed E-state index contributed by atoms with van der Waals surface area (Å²) < 4.78 is 6.08. The molecule has 0 saturated heterocycles. The van der Waals surface area contributed by atoms with Crippen LogP contribution in [0, 0.1) is 18.8 Å². The zero-order chi connectivity index (χ0) is 15.9. The lowest BCUT2D eigenvalue weighted by molar-refractivity contribution is 0.178. The number of aryl methyl sites for hydroxylation is 1. The van der Waals surface area contributed by atoms with E-state index < -0.39 is 0 Å². The van der Waals surface area contributed by atoms with Crippen LogP contribution in [0.4, 0.5) is 0 Å². The fourth-order valence-electron chi connectivity index (χ4n) is 3.49. The van der Waals surface area contributed by atoms with Gasteiger partial charge in [-0.2, -0.15) is 0 Å². The van der Waals surface area contributed by atoms with Crippen LogP contribution < -0.4 is 4.74 Å². The molecule has 1 aliphatic carbocycles. The summed E-state index contributed by atoms with van der Waals surface area (Å²) in [5, 5.41) is 0.784. The summed E-state index contributed by atoms with van der Waals surface area (Å²) in [6.07, 6.45) is 10.8. The first-order chi connectivity index (χ1) is 10.6. The van der Waals surface area contributed by atoms with Gasteiger partial charge in [-0.25, -0.2) is 0 Å². The van der Waals surface area contributed by atoms with Crippen LogP contribution in [0.25, 0.3) is 0 Å². The van der Waals surface area contributed by atoms with Crippen LogP contribution in [0.15, 0.2) is 24.8 Å². The minimum Gasteiger partial charge on any atom is -0.493 e. The Morgan fingerprint density at radius 3 is 2.55 bits per heavy atom. The molecule has 0 N–H and O–H groups in total. The molecule has 2 heteroatoms. The number of hydrogen-bond acceptors (Lipinski definition) is 1. The summed E-state index contributed by atoms with van der Waals surface area (Å²) >= 11 is 6.33. The Kier molecular flexibility index (Phi) is 6.82. The van der Waals surface area contributed by atoms with Gasteiger partial charge in [0.25, 0.3) is 0 Å². The molecule has 1 nitrogen and oxygen atoms in total. The maximum absolute atomic E-state index is 6.33. The zero-order valence-corrected chi connectivity index (χ0v) is 14.8. The van der Waals surface area contributed by atoms with Gasteiger partial charge in [-0.3, -0.25) is 0 Å². The van der Waals surface area contributed by atoms with E-state index in [2.05, 4.69) is 26.5 Å². The second-order valence-electron chi connectivity index (χ2n) is 6.69. The van der Waals surface area contributed by atoms with Crippen molar-refractivity contribution in [3.05, 3.63) is 40.9 Å². The van der Waals surface area contributed by atoms with Crippen LogP contribution in [-0.2, 0) is 6.42 Å². The van der Waals surface area contributed by atoms with Crippen LogP contribution >= 0.6 is 11.6 Å². The van der Waals surface area contributed by atoms with Crippen molar-refractivity contribution in [3.8, 4) is 5.75 Å². The lowest BCUT2D eigenvalue weighted by Gasteiger charge is -2.28. The summed E-state index contributed by atoms with van der Waals surface area (Å²) in [7, 11) is 0. The largest absolute Gasteiger partial charge is 0.493 e. The van der Waals surface area contributed by atoms with Crippen molar-refractivity contribution in [2.24, 2.45) is 11.8 Å². The predicted molar refractivity (Wildman–Crippen MR) is 95.9 cm³/mol. The molecule has 1 aromatic rings. The molecule has 2 rings (SSSR count). The average molecular weight is 321 g/mol. The number of hydrogen-bond donors (Lipinski definition) is 0. The second-order valence-corrected chi connectivity index (χ2v) is 7.10. The first-order valence-corrected chi connectivity index (χ1v) is 9.04. The molecular weight excluding hydrogens is 292 g/mol. The Morgan fingerprint density at radius 1 is 1.23 bits per heavy atom. The van der Waals surface area contributed by atoms with Gasteiger partial charge in [0.1, 0.15) is 5.75 Å². The third-order valence-electron chi connectivity index (χ3n) is 4.85. The fraction of sp³-hybridized carbons (Fsp3) is 0.600. The SMILES string of the molecule is C=CCc1cc(C)c(OCC2CCC(CCC)CC2)cc1Cl. The van der Waals surface area contributed by atoms with E-state index in [-0.39, 0.29) is 0 Å². The van der Waals surface area contributed by atoms with Gasteiger partial charge in [0.2, 0.25) is 0 Å². The normalized spacial score (nSPS) is 21.6. The molecular formula is C20H29ClO. The van der Waals surface area contributed by atoms with Crippen LogP contribution in [0.3, 0.4) is 0 Å². The molecule has 22 heavy (non-hydrogen) atoms. The minimum absolute atomic E-state index is 0.708. The number of allylic oxidation sites excluding steroid dienone is 1. The maximum Gasteiger partial charge on any atom is 0.123 e. The number of rotatable bonds is 7. The summed E-state index contributed by atoms with van der Waals surface area (Å²) in [5.74, 6) is 2.60. The summed E-state index contributed by atoms with van der Waals surface area (Å²) in [6, 6.07) is 4.09. The quantitative estimate of drug-likeness (QED) is 0.531. The number of halogens is 1. The molecule has 1 saturated carbocycles. The monoisotopic (exact) mass is 320 g/mol. The molecule has 0 heterocycles. The fourth-order valence-corrected chi connectivity index (χ4v) is 3.72. The molecule has 0 bridgehead atoms. The lowest BCUT2D eigenvalue weighted by Crippen LogP contribution is -2.20. The van der Waals surface area contributed by atoms with E-state index in [1.165, 1.54) is 44.1 Å². The van der Waals surface area contributed by atoms with E-state index in [0.717, 1.165) is 35.3 Å². The van der Waals surface area contributed by atoms with E-state index in [4.69, 9.17) is 16.3 Å². The van der Waals surface area contributed by atoms with Gasteiger partial charge in [0.05, 0.1) is 6.61 Å². The predicted octanol–water partition coefficient (Wildman–Crippen LogP) is 6.36. The van der Waals surface area contributed by atoms with E-state index in [1.807, 2.05) is 12.1 Å². The highest BCUT2D eigenvalue weighted by Gasteiger charge is 2.21. The van der Waals surface area contributed by atoms with Crippen molar-refractivity contribution in [1.29, 1.82) is 0 Å². The summed E-state index contributed by atoms with van der Waals surface area (Å²) in [5.41, 5.74) is 2.29. The van der Waals surface area contributed by atoms with E-state index in [0.29, 0.717) is 5.92 Å². The Labute approximate surface area is 140 Å². The highest BCUT2D eigenvalue weighted by Crippen LogP contribution is 2.33. The van der Waals surface area contributed by atoms with E-state index >= 15 is 0 Å². The van der Waals surface area contributed by atoms with E-state index in [9.17, 15) is 0 Å². The van der Waals surface area contributed by atoms with Crippen molar-refractivity contribution < 1.29 is 4.74 Å². The molecule has 1 aliphatic rings. The standard InChI is InChI=1S/C20H29ClO/c1-4-6-16-8-10-17(11-9-16)14-22-20-13-19(21)18(7-5-2)12-15(20)3/h5,12-13,16-17H,2,4,6-11,14H2,1,3H3. The van der Waals surface area contributed by atoms with Crippen molar-refractivity contribution in [2.75, 3.05) is 6.61 Å². The Balaban J connectivity index is 1.87. The molecule has 0 radical (unpaired) electrons. The molecule has 0 spiro atoms. The molecule has 0 atom stereocenters. The van der Waals surface area contributed by atoms with Crippen LogP contribution in [-0.4, -0.2) is 6.61 Å². The van der Waals surface area contributed by atoms with Crippen LogP contribution in [0.5, 0.6) is 5.75 Å². The lowest BCUT2D eigenvalue weighted by atomic mass is 9.80. The van der Waals surface area contributed by atoms with Gasteiger partial charge in [-0.05, 0) is 55.2 Å². The molecule has 0 aromatic heterocycles. The van der Waals surface area contributed by atoms with Gasteiger partial charge in [-0.1, -0.05) is 56.4 Å². The topological polar surface area (TPSA) is 9.23 Å². The smallest absolute Gasteiger partial charge is 0.123 e. The first-order valence-electron chi connectivity index (χ1n) is 8.66. The first kappa shape index (κ1) is 17.4. The van der Waals surface area contributed by atoms with Crippen LogP contribution in [0.1, 0.15) is 56.6 Å². The van der Waals surface area contributed by atoms with Crippen molar-refractivity contribution in [2.45, 2.75) is 58.8 Å². The Bertz CT molecular complexity index is 487. The molecule has 1 fully saturated rings. The van der Waals surface area contributed by atoms with Gasteiger partial charge in [0.15, 0.2) is 0 Å². The second kappa shape index (κ2) is 8.62. The van der Waals surface area contributed by atoms with Gasteiger partial charge in [-0.15, -0.1) is 6.58 Å². The average Bonchev–Trinajstić information content (AvgIpc) is 2.51. The molecule has 1 aromatic carbocycles. The van der Waals surface area contributed by atoms with Crippen LogP contribution in [0.2, 0.25) is 5.02 Å². The van der Waals surface area contributed by atoms with E-state index in [1.54, 1.807) is 0 Å². The third kappa shape index (κ3) is 4.78. The Morgan fingerprint density at radius 2 is 1.91 bits per heavy atom. The third-order valence-corrected chi connectivity index (χ3v) is 5.20. The zero-order valence-electron chi connectivity index (χ0n) is 14.0. The highest BCUT2D eigenvalue weighted by molar-refractivity contribution is 6.31. The van der Waals surface area contributed by atoms with Gasteiger partial charge in [0, 0.05) is 5.02 Å². The molecule has 122 valence electrons. The minimum atomic E-state index is 0.708. The number of ether oxygens (including phenoxy) is 1. The van der Waals surface area contributed by atoms with Crippen molar-refractivity contribution in [1.82, 2.24) is 0 Å². The molecule has 0 unspecified atom stereocenters. The number of benzene rings is 1. The molecule has 0 amide bonds. The van der Waals surface area contributed by atoms with Crippen molar-refractivity contribution in [3.63, 3.8) is 0 Å². The van der Waals surface area contributed by atoms with Crippen molar-refractivity contribution >= 4 is 11.6 Å².